The number of aryl methyl sites for hydroxylation is 1. The number of pyridine rings is 1. The van der Waals surface area contributed by atoms with E-state index in [0.29, 0.717) is 12.6 Å². The molecule has 1 saturated carbocycles. The van der Waals surface area contributed by atoms with Gasteiger partial charge in [-0.3, -0.25) is 4.57 Å². The predicted molar refractivity (Wildman–Crippen MR) is 135 cm³/mol. The van der Waals surface area contributed by atoms with Gasteiger partial charge < -0.3 is 24.8 Å². The average molecular weight is 498 g/mol. The molecular formula is C26H35N5O5. The van der Waals surface area contributed by atoms with Crippen molar-refractivity contribution < 1.29 is 24.2 Å². The SMILES string of the molecule is Cc1ccc(Cn2c(NC3CCCN(C4CCCCC4)CC3)nc3cccnc32)o1.O=C(O)C(=O)O. The van der Waals surface area contributed by atoms with Crippen LogP contribution < -0.4 is 5.32 Å². The summed E-state index contributed by atoms with van der Waals surface area (Å²) in [5, 5.41) is 18.6. The van der Waals surface area contributed by atoms with Gasteiger partial charge in [0, 0.05) is 24.8 Å². The van der Waals surface area contributed by atoms with E-state index in [9.17, 15) is 0 Å². The van der Waals surface area contributed by atoms with Crippen LogP contribution in [0.4, 0.5) is 5.95 Å². The summed E-state index contributed by atoms with van der Waals surface area (Å²) >= 11 is 0. The van der Waals surface area contributed by atoms with Crippen molar-refractivity contribution in [2.75, 3.05) is 18.4 Å². The molecule has 1 saturated heterocycles. The number of nitrogens with zero attached hydrogens (tertiary/aromatic N) is 4. The molecule has 10 heteroatoms. The number of likely N-dealkylation sites (tertiary alicyclic amines) is 1. The summed E-state index contributed by atoms with van der Waals surface area (Å²) in [6.45, 7) is 5.06. The quantitative estimate of drug-likeness (QED) is 0.445. The number of aliphatic carboxylic acids is 2. The molecule has 36 heavy (non-hydrogen) atoms. The lowest BCUT2D eigenvalue weighted by atomic mass is 9.94. The minimum atomic E-state index is -1.82. The molecule has 1 atom stereocenters. The third kappa shape index (κ3) is 6.63. The van der Waals surface area contributed by atoms with E-state index in [2.05, 4.69) is 19.8 Å². The first kappa shape index (κ1) is 25.7. The van der Waals surface area contributed by atoms with Crippen molar-refractivity contribution in [3.8, 4) is 0 Å². The van der Waals surface area contributed by atoms with Crippen molar-refractivity contribution in [3.63, 3.8) is 0 Å². The summed E-state index contributed by atoms with van der Waals surface area (Å²) in [5.41, 5.74) is 1.84. The molecule has 0 bridgehead atoms. The summed E-state index contributed by atoms with van der Waals surface area (Å²) in [5.74, 6) is -0.868. The molecule has 2 aliphatic rings. The Morgan fingerprint density at radius 1 is 1.03 bits per heavy atom. The minimum Gasteiger partial charge on any atom is -0.473 e. The molecule has 1 unspecified atom stereocenters. The zero-order valence-corrected chi connectivity index (χ0v) is 20.7. The number of imidazole rings is 1. The molecular weight excluding hydrogens is 462 g/mol. The highest BCUT2D eigenvalue weighted by Gasteiger charge is 2.25. The minimum absolute atomic E-state index is 0.451. The van der Waals surface area contributed by atoms with Crippen molar-refractivity contribution in [2.45, 2.75) is 76.9 Å². The second-order valence-electron chi connectivity index (χ2n) is 9.59. The number of hydrogen-bond donors (Lipinski definition) is 3. The Balaban J connectivity index is 0.000000455. The van der Waals surface area contributed by atoms with Crippen molar-refractivity contribution in [1.29, 1.82) is 0 Å². The van der Waals surface area contributed by atoms with Gasteiger partial charge in [0.1, 0.15) is 17.0 Å². The van der Waals surface area contributed by atoms with Gasteiger partial charge in [0.25, 0.3) is 0 Å². The van der Waals surface area contributed by atoms with E-state index in [4.69, 9.17) is 29.2 Å². The molecule has 4 heterocycles. The fraction of sp³-hybridized carbons (Fsp3) is 0.538. The molecule has 0 aromatic carbocycles. The first-order valence-electron chi connectivity index (χ1n) is 12.7. The second kappa shape index (κ2) is 12.0. The van der Waals surface area contributed by atoms with E-state index < -0.39 is 11.9 Å². The van der Waals surface area contributed by atoms with E-state index in [-0.39, 0.29) is 0 Å². The van der Waals surface area contributed by atoms with Gasteiger partial charge in [-0.25, -0.2) is 19.6 Å². The average Bonchev–Trinajstić information content (AvgIpc) is 3.35. The summed E-state index contributed by atoms with van der Waals surface area (Å²) in [7, 11) is 0. The van der Waals surface area contributed by atoms with Crippen LogP contribution in [0.3, 0.4) is 0 Å². The van der Waals surface area contributed by atoms with Gasteiger partial charge in [-0.2, -0.15) is 0 Å². The second-order valence-corrected chi connectivity index (χ2v) is 9.59. The molecule has 0 spiro atoms. The predicted octanol–water partition coefficient (Wildman–Crippen LogP) is 4.14. The number of carboxylic acid groups (broad SMARTS) is 2. The number of carbonyl (C=O) groups is 2. The van der Waals surface area contributed by atoms with Crippen LogP contribution in [0.15, 0.2) is 34.9 Å². The van der Waals surface area contributed by atoms with E-state index in [1.165, 1.54) is 64.5 Å². The summed E-state index contributed by atoms with van der Waals surface area (Å²) in [6, 6.07) is 9.31. The first-order chi connectivity index (χ1) is 17.4. The van der Waals surface area contributed by atoms with Gasteiger partial charge in [-0.05, 0) is 69.8 Å². The fourth-order valence-corrected chi connectivity index (χ4v) is 5.20. The van der Waals surface area contributed by atoms with Gasteiger partial charge in [0.15, 0.2) is 5.65 Å². The normalized spacial score (nSPS) is 19.3. The van der Waals surface area contributed by atoms with E-state index >= 15 is 0 Å². The Morgan fingerprint density at radius 3 is 2.50 bits per heavy atom. The van der Waals surface area contributed by atoms with Crippen LogP contribution in [0.1, 0.15) is 62.9 Å². The molecule has 5 rings (SSSR count). The molecule has 3 aromatic rings. The molecule has 1 aliphatic carbocycles. The van der Waals surface area contributed by atoms with Crippen molar-refractivity contribution in [2.24, 2.45) is 0 Å². The number of carboxylic acids is 2. The van der Waals surface area contributed by atoms with Crippen LogP contribution in [0.25, 0.3) is 11.2 Å². The van der Waals surface area contributed by atoms with E-state index in [0.717, 1.165) is 34.7 Å². The first-order valence-corrected chi connectivity index (χ1v) is 12.7. The number of anilines is 1. The Bertz CT molecular complexity index is 1150. The zero-order valence-electron chi connectivity index (χ0n) is 20.7. The van der Waals surface area contributed by atoms with Gasteiger partial charge in [0.05, 0.1) is 6.54 Å². The smallest absolute Gasteiger partial charge is 0.414 e. The van der Waals surface area contributed by atoms with Gasteiger partial charge >= 0.3 is 11.9 Å². The monoisotopic (exact) mass is 497 g/mol. The maximum absolute atomic E-state index is 9.10. The lowest BCUT2D eigenvalue weighted by Gasteiger charge is -2.33. The topological polar surface area (TPSA) is 134 Å². The van der Waals surface area contributed by atoms with Gasteiger partial charge in [-0.1, -0.05) is 19.3 Å². The molecule has 0 amide bonds. The molecule has 0 radical (unpaired) electrons. The Morgan fingerprint density at radius 2 is 1.81 bits per heavy atom. The molecule has 3 N–H and O–H groups in total. The Hall–Kier alpha value is -3.40. The highest BCUT2D eigenvalue weighted by atomic mass is 16.4. The number of aromatic nitrogens is 3. The van der Waals surface area contributed by atoms with Crippen LogP contribution in [0.5, 0.6) is 0 Å². The maximum Gasteiger partial charge on any atom is 0.414 e. The van der Waals surface area contributed by atoms with Crippen LogP contribution >= 0.6 is 0 Å². The number of rotatable bonds is 5. The lowest BCUT2D eigenvalue weighted by molar-refractivity contribution is -0.159. The van der Waals surface area contributed by atoms with Gasteiger partial charge in [0.2, 0.25) is 5.95 Å². The third-order valence-electron chi connectivity index (χ3n) is 6.98. The largest absolute Gasteiger partial charge is 0.473 e. The molecule has 3 aromatic heterocycles. The van der Waals surface area contributed by atoms with E-state index in [1.54, 1.807) is 0 Å². The number of hydrogen-bond acceptors (Lipinski definition) is 7. The zero-order chi connectivity index (χ0) is 25.5. The van der Waals surface area contributed by atoms with Crippen LogP contribution in [0.2, 0.25) is 0 Å². The fourth-order valence-electron chi connectivity index (χ4n) is 5.20. The maximum atomic E-state index is 9.10. The van der Waals surface area contributed by atoms with Crippen molar-refractivity contribution in [3.05, 3.63) is 42.0 Å². The summed E-state index contributed by atoms with van der Waals surface area (Å²) in [4.78, 5) is 30.4. The Kier molecular flexibility index (Phi) is 8.58. The standard InChI is InChI=1S/C24H33N5O.C2H2O4/c1-18-11-12-21(30-18)17-29-23-22(10-5-14-25-23)27-24(29)26-19-7-6-15-28(16-13-19)20-8-3-2-4-9-20;3-1(4)2(5)6/h5,10-12,14,19-20H,2-4,6-9,13,15-17H2,1H3,(H,26,27);(H,3,4)(H,5,6). The van der Waals surface area contributed by atoms with Crippen molar-refractivity contribution >= 4 is 29.1 Å². The number of nitrogens with one attached hydrogen (secondary N) is 1. The molecule has 10 nitrogen and oxygen atoms in total. The molecule has 1 aliphatic heterocycles. The highest BCUT2D eigenvalue weighted by Crippen LogP contribution is 2.27. The summed E-state index contributed by atoms with van der Waals surface area (Å²) < 4.78 is 8.01. The number of fused-ring (bicyclic) bond motifs is 1. The van der Waals surface area contributed by atoms with Gasteiger partial charge in [-0.15, -0.1) is 0 Å². The number of furan rings is 1. The molecule has 2 fully saturated rings. The highest BCUT2D eigenvalue weighted by molar-refractivity contribution is 6.27. The van der Waals surface area contributed by atoms with Crippen molar-refractivity contribution in [1.82, 2.24) is 19.4 Å². The lowest BCUT2D eigenvalue weighted by Crippen LogP contribution is -2.37. The summed E-state index contributed by atoms with van der Waals surface area (Å²) in [6.07, 6.45) is 12.5. The Labute approximate surface area is 210 Å². The van der Waals surface area contributed by atoms with Crippen LogP contribution in [0, 0.1) is 6.92 Å². The molecule has 194 valence electrons. The third-order valence-corrected chi connectivity index (χ3v) is 6.98. The van der Waals surface area contributed by atoms with E-state index in [1.807, 2.05) is 37.4 Å². The van der Waals surface area contributed by atoms with Crippen LogP contribution in [-0.4, -0.2) is 66.8 Å². The van der Waals surface area contributed by atoms with Crippen LogP contribution in [-0.2, 0) is 16.1 Å².